The summed E-state index contributed by atoms with van der Waals surface area (Å²) < 4.78 is 0. The number of hydrogen-bond donors (Lipinski definition) is 1. The highest BCUT2D eigenvalue weighted by Gasteiger charge is 2.11. The zero-order chi connectivity index (χ0) is 14.3. The molecule has 0 aliphatic heterocycles. The van der Waals surface area contributed by atoms with Crippen LogP contribution in [0.2, 0.25) is 0 Å². The van der Waals surface area contributed by atoms with Gasteiger partial charge in [0.25, 0.3) is 0 Å². The summed E-state index contributed by atoms with van der Waals surface area (Å²) >= 11 is 0. The average Bonchev–Trinajstić information content (AvgIpc) is 2.43. The van der Waals surface area contributed by atoms with Gasteiger partial charge in [0, 0.05) is 27.9 Å². The predicted octanol–water partition coefficient (Wildman–Crippen LogP) is 3.20. The normalized spacial score (nSPS) is 10.9. The number of anilines is 1. The van der Waals surface area contributed by atoms with Gasteiger partial charge in [0.1, 0.15) is 5.82 Å². The Balaban J connectivity index is 2.34. The third kappa shape index (κ3) is 1.99. The Morgan fingerprint density at radius 1 is 0.950 bits per heavy atom. The van der Waals surface area contributed by atoms with Gasteiger partial charge < -0.3 is 5.73 Å². The largest absolute Gasteiger partial charge is 0.383 e. The van der Waals surface area contributed by atoms with E-state index >= 15 is 0 Å². The minimum Gasteiger partial charge on any atom is -0.383 e. The number of nitrogen functional groups attached to an aromatic ring is 1. The first-order chi connectivity index (χ1) is 9.56. The first kappa shape index (κ1) is 12.5. The number of fused-ring (bicyclic) bond motifs is 1. The van der Waals surface area contributed by atoms with Crippen LogP contribution in [-0.4, -0.2) is 15.0 Å². The first-order valence-electron chi connectivity index (χ1n) is 6.54. The number of aromatic nitrogens is 3. The number of aryl methyl sites for hydroxylation is 2. The van der Waals surface area contributed by atoms with E-state index in [-0.39, 0.29) is 0 Å². The second-order valence-corrected chi connectivity index (χ2v) is 4.97. The van der Waals surface area contributed by atoms with E-state index in [9.17, 15) is 0 Å². The molecule has 2 aromatic heterocycles. The lowest BCUT2D eigenvalue weighted by Crippen LogP contribution is -2.02. The summed E-state index contributed by atoms with van der Waals surface area (Å²) in [4.78, 5) is 13.5. The second kappa shape index (κ2) is 4.56. The van der Waals surface area contributed by atoms with Crippen LogP contribution in [0.25, 0.3) is 22.3 Å². The van der Waals surface area contributed by atoms with Crippen molar-refractivity contribution in [3.63, 3.8) is 0 Å². The molecular formula is C16H16N4. The van der Waals surface area contributed by atoms with Crippen molar-refractivity contribution < 1.29 is 0 Å². The fourth-order valence-corrected chi connectivity index (χ4v) is 2.26. The lowest BCUT2D eigenvalue weighted by Gasteiger charge is -2.10. The molecule has 0 fully saturated rings. The van der Waals surface area contributed by atoms with Gasteiger partial charge in [0.05, 0.1) is 5.52 Å². The molecule has 100 valence electrons. The molecule has 3 aromatic rings. The minimum atomic E-state index is 0.533. The van der Waals surface area contributed by atoms with Crippen LogP contribution in [0.4, 0.5) is 5.82 Å². The molecule has 4 nitrogen and oxygen atoms in total. The topological polar surface area (TPSA) is 64.7 Å². The second-order valence-electron chi connectivity index (χ2n) is 4.97. The van der Waals surface area contributed by atoms with Crippen LogP contribution in [0.1, 0.15) is 17.0 Å². The van der Waals surface area contributed by atoms with Crippen molar-refractivity contribution in [1.29, 1.82) is 0 Å². The van der Waals surface area contributed by atoms with Gasteiger partial charge in [-0.3, -0.25) is 4.98 Å². The van der Waals surface area contributed by atoms with Crippen molar-refractivity contribution in [2.75, 3.05) is 5.73 Å². The molecule has 2 heterocycles. The molecule has 0 saturated carbocycles. The van der Waals surface area contributed by atoms with Gasteiger partial charge in [-0.1, -0.05) is 18.2 Å². The fraction of sp³-hybridized carbons (Fsp3) is 0.188. The quantitative estimate of drug-likeness (QED) is 0.733. The molecule has 0 aliphatic carbocycles. The van der Waals surface area contributed by atoms with Crippen LogP contribution in [0.3, 0.4) is 0 Å². The van der Waals surface area contributed by atoms with E-state index in [0.29, 0.717) is 11.6 Å². The number of nitrogens with zero attached hydrogens (tertiary/aromatic N) is 3. The maximum Gasteiger partial charge on any atom is 0.162 e. The monoisotopic (exact) mass is 264 g/mol. The zero-order valence-electron chi connectivity index (χ0n) is 11.8. The highest BCUT2D eigenvalue weighted by Crippen LogP contribution is 2.27. The molecule has 0 bridgehead atoms. The highest BCUT2D eigenvalue weighted by molar-refractivity contribution is 5.93. The van der Waals surface area contributed by atoms with Gasteiger partial charge in [-0.25, -0.2) is 9.97 Å². The van der Waals surface area contributed by atoms with Crippen molar-refractivity contribution >= 4 is 16.7 Å². The zero-order valence-corrected chi connectivity index (χ0v) is 11.8. The number of benzene rings is 1. The Morgan fingerprint density at radius 2 is 1.70 bits per heavy atom. The summed E-state index contributed by atoms with van der Waals surface area (Å²) in [7, 11) is 0. The molecular weight excluding hydrogens is 248 g/mol. The molecule has 0 saturated heterocycles. The molecule has 0 spiro atoms. The summed E-state index contributed by atoms with van der Waals surface area (Å²) in [6, 6.07) is 10.0. The first-order valence-corrected chi connectivity index (χ1v) is 6.54. The Kier molecular flexibility index (Phi) is 2.86. The molecule has 3 rings (SSSR count). The van der Waals surface area contributed by atoms with E-state index in [1.54, 1.807) is 0 Å². The molecule has 0 atom stereocenters. The van der Waals surface area contributed by atoms with E-state index in [2.05, 4.69) is 15.0 Å². The molecule has 0 aliphatic rings. The number of para-hydroxylation sites is 1. The summed E-state index contributed by atoms with van der Waals surface area (Å²) in [5, 5.41) is 1.04. The minimum absolute atomic E-state index is 0.533. The van der Waals surface area contributed by atoms with Gasteiger partial charge in [-0.15, -0.1) is 0 Å². The van der Waals surface area contributed by atoms with Crippen molar-refractivity contribution in [2.45, 2.75) is 20.8 Å². The average molecular weight is 264 g/mol. The number of rotatable bonds is 1. The predicted molar refractivity (Wildman–Crippen MR) is 81.4 cm³/mol. The van der Waals surface area contributed by atoms with Gasteiger partial charge in [-0.05, 0) is 32.9 Å². The molecule has 0 unspecified atom stereocenters. The molecule has 0 amide bonds. The van der Waals surface area contributed by atoms with Crippen molar-refractivity contribution in [1.82, 2.24) is 15.0 Å². The van der Waals surface area contributed by atoms with Crippen LogP contribution < -0.4 is 5.73 Å². The smallest absolute Gasteiger partial charge is 0.162 e. The number of hydrogen-bond acceptors (Lipinski definition) is 4. The molecule has 0 radical (unpaired) electrons. The maximum atomic E-state index is 5.97. The summed E-state index contributed by atoms with van der Waals surface area (Å²) in [5.41, 5.74) is 10.7. The molecule has 1 aromatic carbocycles. The van der Waals surface area contributed by atoms with Crippen LogP contribution >= 0.6 is 0 Å². The van der Waals surface area contributed by atoms with Crippen molar-refractivity contribution in [3.8, 4) is 11.4 Å². The SMILES string of the molecule is Cc1cc(-c2nc(C)c(C)c(N)n2)c2ccccc2n1. The maximum absolute atomic E-state index is 5.97. The molecule has 20 heavy (non-hydrogen) atoms. The third-order valence-electron chi connectivity index (χ3n) is 3.51. The van der Waals surface area contributed by atoms with Crippen LogP contribution in [0, 0.1) is 20.8 Å². The van der Waals surface area contributed by atoms with Gasteiger partial charge >= 0.3 is 0 Å². The van der Waals surface area contributed by atoms with E-state index in [4.69, 9.17) is 5.73 Å². The van der Waals surface area contributed by atoms with E-state index in [1.807, 2.05) is 51.1 Å². The van der Waals surface area contributed by atoms with Crippen LogP contribution in [-0.2, 0) is 0 Å². The fourth-order valence-electron chi connectivity index (χ4n) is 2.26. The van der Waals surface area contributed by atoms with Gasteiger partial charge in [0.2, 0.25) is 0 Å². The summed E-state index contributed by atoms with van der Waals surface area (Å²) in [5.74, 6) is 1.19. The number of nitrogens with two attached hydrogens (primary N) is 1. The van der Waals surface area contributed by atoms with E-state index < -0.39 is 0 Å². The lowest BCUT2D eigenvalue weighted by atomic mass is 10.1. The van der Waals surface area contributed by atoms with E-state index in [1.165, 1.54) is 0 Å². The lowest BCUT2D eigenvalue weighted by molar-refractivity contribution is 1.08. The van der Waals surface area contributed by atoms with Gasteiger partial charge in [0.15, 0.2) is 5.82 Å². The Morgan fingerprint density at radius 3 is 2.45 bits per heavy atom. The Bertz CT molecular complexity index is 786. The summed E-state index contributed by atoms with van der Waals surface area (Å²) in [6.45, 7) is 5.86. The standard InChI is InChI=1S/C16H16N4/c1-9-8-13(12-6-4-5-7-14(12)18-9)16-19-11(3)10(2)15(17)20-16/h4-8H,1-3H3,(H2,17,19,20). The van der Waals surface area contributed by atoms with Crippen molar-refractivity contribution in [2.24, 2.45) is 0 Å². The third-order valence-corrected chi connectivity index (χ3v) is 3.51. The molecule has 4 heteroatoms. The number of pyridine rings is 1. The van der Waals surface area contributed by atoms with Crippen LogP contribution in [0.15, 0.2) is 30.3 Å². The van der Waals surface area contributed by atoms with E-state index in [0.717, 1.165) is 33.4 Å². The Labute approximate surface area is 117 Å². The molecule has 2 N–H and O–H groups in total. The van der Waals surface area contributed by atoms with Crippen LogP contribution in [0.5, 0.6) is 0 Å². The summed E-state index contributed by atoms with van der Waals surface area (Å²) in [6.07, 6.45) is 0. The van der Waals surface area contributed by atoms with Gasteiger partial charge in [-0.2, -0.15) is 0 Å². The highest BCUT2D eigenvalue weighted by atomic mass is 15.0. The Hall–Kier alpha value is -2.49. The van der Waals surface area contributed by atoms with Crippen molar-refractivity contribution in [3.05, 3.63) is 47.3 Å².